The summed E-state index contributed by atoms with van der Waals surface area (Å²) in [5.41, 5.74) is 5.66. The molecule has 3 N–H and O–H groups in total. The predicted molar refractivity (Wildman–Crippen MR) is 78.7 cm³/mol. The fraction of sp³-hybridized carbons (Fsp3) is 0.636. The number of hydrogen-bond acceptors (Lipinski definition) is 7. The summed E-state index contributed by atoms with van der Waals surface area (Å²) in [6, 6.07) is 0.149. The lowest BCUT2D eigenvalue weighted by atomic mass is 10.1. The Morgan fingerprint density at radius 3 is 2.55 bits per heavy atom. The molecule has 112 valence electrons. The molecule has 1 aliphatic rings. The maximum Gasteiger partial charge on any atom is 0.217 e. The van der Waals surface area contributed by atoms with Crippen molar-refractivity contribution in [2.24, 2.45) is 0 Å². The molecule has 1 aromatic heterocycles. The van der Waals surface area contributed by atoms with Gasteiger partial charge in [-0.05, 0) is 24.4 Å². The molecule has 2 heterocycles. The first-order chi connectivity index (χ1) is 9.29. The SMILES string of the molecule is CC(=O)NC1CCN(c2snc(N)c2S(C)(=O)=O)CC1. The van der Waals surface area contributed by atoms with Gasteiger partial charge in [-0.3, -0.25) is 4.79 Å². The molecular weight excluding hydrogens is 300 g/mol. The zero-order valence-corrected chi connectivity index (χ0v) is 13.1. The van der Waals surface area contributed by atoms with Crippen LogP contribution in [0.4, 0.5) is 10.8 Å². The van der Waals surface area contributed by atoms with E-state index in [0.717, 1.165) is 30.6 Å². The highest BCUT2D eigenvalue weighted by Gasteiger charge is 2.28. The Kier molecular flexibility index (Phi) is 4.19. The third kappa shape index (κ3) is 3.21. The van der Waals surface area contributed by atoms with Crippen LogP contribution in [0.3, 0.4) is 0 Å². The van der Waals surface area contributed by atoms with Gasteiger partial charge in [-0.15, -0.1) is 0 Å². The van der Waals surface area contributed by atoms with Crippen molar-refractivity contribution in [2.75, 3.05) is 30.0 Å². The van der Waals surface area contributed by atoms with Gasteiger partial charge in [0.05, 0.1) is 0 Å². The van der Waals surface area contributed by atoms with Crippen molar-refractivity contribution in [1.29, 1.82) is 0 Å². The van der Waals surface area contributed by atoms with E-state index in [4.69, 9.17) is 5.73 Å². The van der Waals surface area contributed by atoms with Crippen LogP contribution in [-0.4, -0.2) is 44.1 Å². The molecule has 0 bridgehead atoms. The first-order valence-corrected chi connectivity index (χ1v) is 8.92. The highest BCUT2D eigenvalue weighted by molar-refractivity contribution is 7.91. The van der Waals surface area contributed by atoms with E-state index in [1.54, 1.807) is 0 Å². The molecular formula is C11H18N4O3S2. The number of nitrogens with two attached hydrogens (primary N) is 1. The second kappa shape index (κ2) is 5.57. The topological polar surface area (TPSA) is 105 Å². The largest absolute Gasteiger partial charge is 0.382 e. The fourth-order valence-corrected chi connectivity index (χ4v) is 4.61. The molecule has 0 aliphatic carbocycles. The van der Waals surface area contributed by atoms with Gasteiger partial charge < -0.3 is 16.0 Å². The molecule has 1 amide bonds. The zero-order valence-electron chi connectivity index (χ0n) is 11.4. The van der Waals surface area contributed by atoms with E-state index >= 15 is 0 Å². The highest BCUT2D eigenvalue weighted by Crippen LogP contribution is 2.35. The van der Waals surface area contributed by atoms with Crippen LogP contribution in [0.15, 0.2) is 4.90 Å². The summed E-state index contributed by atoms with van der Waals surface area (Å²) in [6.45, 7) is 2.85. The van der Waals surface area contributed by atoms with Crippen molar-refractivity contribution in [3.05, 3.63) is 0 Å². The van der Waals surface area contributed by atoms with E-state index in [-0.39, 0.29) is 22.7 Å². The van der Waals surface area contributed by atoms with Crippen molar-refractivity contribution < 1.29 is 13.2 Å². The molecule has 2 rings (SSSR count). The van der Waals surface area contributed by atoms with E-state index in [0.29, 0.717) is 18.1 Å². The smallest absolute Gasteiger partial charge is 0.217 e. The minimum Gasteiger partial charge on any atom is -0.382 e. The normalized spacial score (nSPS) is 17.2. The third-order valence-corrected chi connectivity index (χ3v) is 5.41. The van der Waals surface area contributed by atoms with Crippen molar-refractivity contribution in [3.8, 4) is 0 Å². The number of anilines is 2. The molecule has 0 atom stereocenters. The minimum absolute atomic E-state index is 0.0395. The lowest BCUT2D eigenvalue weighted by Gasteiger charge is -2.32. The number of sulfone groups is 1. The van der Waals surface area contributed by atoms with Gasteiger partial charge in [0, 0.05) is 32.3 Å². The van der Waals surface area contributed by atoms with Crippen LogP contribution in [-0.2, 0) is 14.6 Å². The summed E-state index contributed by atoms with van der Waals surface area (Å²) in [7, 11) is -3.39. The number of rotatable bonds is 3. The summed E-state index contributed by atoms with van der Waals surface area (Å²) >= 11 is 1.11. The van der Waals surface area contributed by atoms with Crippen molar-refractivity contribution in [1.82, 2.24) is 9.69 Å². The van der Waals surface area contributed by atoms with E-state index in [1.165, 1.54) is 6.92 Å². The van der Waals surface area contributed by atoms with Crippen LogP contribution >= 0.6 is 11.5 Å². The van der Waals surface area contributed by atoms with Crippen LogP contribution in [0.2, 0.25) is 0 Å². The van der Waals surface area contributed by atoms with Gasteiger partial charge in [0.2, 0.25) is 5.91 Å². The Morgan fingerprint density at radius 2 is 2.05 bits per heavy atom. The molecule has 0 spiro atoms. The summed E-state index contributed by atoms with van der Waals surface area (Å²) in [6.07, 6.45) is 2.70. The lowest BCUT2D eigenvalue weighted by molar-refractivity contribution is -0.119. The van der Waals surface area contributed by atoms with Gasteiger partial charge in [0.15, 0.2) is 15.7 Å². The van der Waals surface area contributed by atoms with E-state index < -0.39 is 9.84 Å². The van der Waals surface area contributed by atoms with Crippen LogP contribution in [0, 0.1) is 0 Å². The van der Waals surface area contributed by atoms with Gasteiger partial charge in [0.25, 0.3) is 0 Å². The van der Waals surface area contributed by atoms with Gasteiger partial charge in [-0.25, -0.2) is 8.42 Å². The Morgan fingerprint density at radius 1 is 1.45 bits per heavy atom. The fourth-order valence-electron chi connectivity index (χ4n) is 2.35. The van der Waals surface area contributed by atoms with E-state index in [9.17, 15) is 13.2 Å². The number of piperidine rings is 1. The predicted octanol–water partition coefficient (Wildman–Crippen LogP) is 0.234. The third-order valence-electron chi connectivity index (χ3n) is 3.22. The number of carbonyl (C=O) groups is 1. The standard InChI is InChI=1S/C11H18N4O3S2/c1-7(16)13-8-3-5-15(6-4-8)11-9(20(2,17)18)10(12)14-19-11/h8H,3-6H2,1-2H3,(H2,12,14)(H,13,16). The average molecular weight is 318 g/mol. The van der Waals surface area contributed by atoms with Crippen LogP contribution in [0.1, 0.15) is 19.8 Å². The summed E-state index contributed by atoms with van der Waals surface area (Å²) in [4.78, 5) is 13.1. The van der Waals surface area contributed by atoms with Crippen LogP contribution in [0.5, 0.6) is 0 Å². The molecule has 20 heavy (non-hydrogen) atoms. The van der Waals surface area contributed by atoms with Crippen molar-refractivity contribution >= 4 is 38.1 Å². The second-order valence-corrected chi connectivity index (χ2v) is 7.64. The van der Waals surface area contributed by atoms with Gasteiger partial charge >= 0.3 is 0 Å². The first-order valence-electron chi connectivity index (χ1n) is 6.26. The summed E-state index contributed by atoms with van der Waals surface area (Å²) in [5, 5.41) is 3.49. The molecule has 0 radical (unpaired) electrons. The number of nitrogens with zero attached hydrogens (tertiary/aromatic N) is 2. The second-order valence-electron chi connectivity index (χ2n) is 4.94. The maximum atomic E-state index is 11.8. The van der Waals surface area contributed by atoms with E-state index in [1.807, 2.05) is 4.90 Å². The zero-order chi connectivity index (χ0) is 14.9. The number of carbonyl (C=O) groups excluding carboxylic acids is 1. The molecule has 7 nitrogen and oxygen atoms in total. The molecule has 1 fully saturated rings. The van der Waals surface area contributed by atoms with Gasteiger partial charge in [-0.2, -0.15) is 4.37 Å². The van der Waals surface area contributed by atoms with Gasteiger partial charge in [0.1, 0.15) is 9.90 Å². The van der Waals surface area contributed by atoms with Crippen molar-refractivity contribution in [3.63, 3.8) is 0 Å². The Hall–Kier alpha value is -1.35. The van der Waals surface area contributed by atoms with Crippen LogP contribution in [0.25, 0.3) is 0 Å². The van der Waals surface area contributed by atoms with Crippen LogP contribution < -0.4 is 16.0 Å². The maximum absolute atomic E-state index is 11.8. The molecule has 1 aliphatic heterocycles. The lowest BCUT2D eigenvalue weighted by Crippen LogP contribution is -2.44. The molecule has 0 aromatic carbocycles. The number of nitrogens with one attached hydrogen (secondary N) is 1. The number of hydrogen-bond donors (Lipinski definition) is 2. The number of nitrogen functional groups attached to an aromatic ring is 1. The highest BCUT2D eigenvalue weighted by atomic mass is 32.2. The summed E-state index contributed by atoms with van der Waals surface area (Å²) < 4.78 is 27.5. The molecule has 1 saturated heterocycles. The molecule has 9 heteroatoms. The first kappa shape index (κ1) is 15.0. The quantitative estimate of drug-likeness (QED) is 0.827. The average Bonchev–Trinajstić information content (AvgIpc) is 2.71. The Labute approximate surface area is 122 Å². The Bertz CT molecular complexity index is 603. The van der Waals surface area contributed by atoms with E-state index in [2.05, 4.69) is 9.69 Å². The number of aromatic nitrogens is 1. The molecule has 0 unspecified atom stereocenters. The monoisotopic (exact) mass is 318 g/mol. The molecule has 0 saturated carbocycles. The molecule has 1 aromatic rings. The van der Waals surface area contributed by atoms with Crippen molar-refractivity contribution in [2.45, 2.75) is 30.7 Å². The minimum atomic E-state index is -3.39. The summed E-state index contributed by atoms with van der Waals surface area (Å²) in [5.74, 6) is 0.0267. The number of amides is 1. The van der Waals surface area contributed by atoms with Gasteiger partial charge in [-0.1, -0.05) is 0 Å². The Balaban J connectivity index is 2.14.